The Morgan fingerprint density at radius 1 is 1.28 bits per heavy atom. The predicted octanol–water partition coefficient (Wildman–Crippen LogP) is 3.78. The maximum Gasteiger partial charge on any atom is 0.268 e. The number of fused-ring (bicyclic) bond motifs is 1. The zero-order valence-corrected chi connectivity index (χ0v) is 20.3. The van der Waals surface area contributed by atoms with Crippen LogP contribution in [0.3, 0.4) is 0 Å². The Morgan fingerprint density at radius 2 is 2.11 bits per heavy atom. The van der Waals surface area contributed by atoms with Crippen LogP contribution in [0.2, 0.25) is 5.02 Å². The standard InChI is InChI=1S/C26H25ClN6O3/c1-15-12-29-26(31-20-9-10-36-22-8-3-2-7-18(20)22)32-24(15)33-13-21(23(28)35)30-25(33)19(14-34)16-5-4-6-17(27)11-16/h2-8,11-13,19-20,34H,9-10,14H2,1H3,(H2,28,35)(H,29,31,32)/t19-,20?/m0/s1. The number of para-hydroxylation sites is 1. The van der Waals surface area contributed by atoms with Crippen LogP contribution in [0.4, 0.5) is 5.95 Å². The van der Waals surface area contributed by atoms with Gasteiger partial charge in [-0.25, -0.2) is 9.97 Å². The second-order valence-corrected chi connectivity index (χ2v) is 9.02. The molecule has 36 heavy (non-hydrogen) atoms. The van der Waals surface area contributed by atoms with E-state index < -0.39 is 11.8 Å². The lowest BCUT2D eigenvalue weighted by Gasteiger charge is -2.26. The van der Waals surface area contributed by atoms with Gasteiger partial charge in [0.15, 0.2) is 0 Å². The third-order valence-corrected chi connectivity index (χ3v) is 6.40. The Bertz CT molecular complexity index is 1420. The van der Waals surface area contributed by atoms with Gasteiger partial charge >= 0.3 is 0 Å². The molecule has 1 aliphatic rings. The number of ether oxygens (including phenoxy) is 1. The summed E-state index contributed by atoms with van der Waals surface area (Å²) < 4.78 is 7.45. The highest BCUT2D eigenvalue weighted by molar-refractivity contribution is 6.30. The number of rotatable bonds is 7. The number of amides is 1. The monoisotopic (exact) mass is 504 g/mol. The molecule has 2 aromatic carbocycles. The average molecular weight is 505 g/mol. The number of halogens is 1. The van der Waals surface area contributed by atoms with Crippen molar-refractivity contribution in [1.82, 2.24) is 19.5 Å². The Morgan fingerprint density at radius 3 is 2.89 bits per heavy atom. The van der Waals surface area contributed by atoms with E-state index in [1.807, 2.05) is 37.3 Å². The Balaban J connectivity index is 1.56. The van der Waals surface area contributed by atoms with Gasteiger partial charge in [-0.1, -0.05) is 41.9 Å². The number of imidazole rings is 1. The number of aryl methyl sites for hydroxylation is 1. The number of aliphatic hydroxyl groups is 1. The number of aromatic nitrogens is 4. The summed E-state index contributed by atoms with van der Waals surface area (Å²) in [6.07, 6.45) is 4.00. The van der Waals surface area contributed by atoms with Gasteiger partial charge in [0, 0.05) is 35.0 Å². The van der Waals surface area contributed by atoms with Crippen molar-refractivity contribution in [2.75, 3.05) is 18.5 Å². The van der Waals surface area contributed by atoms with Gasteiger partial charge in [0.25, 0.3) is 5.91 Å². The van der Waals surface area contributed by atoms with Crippen LogP contribution in [-0.2, 0) is 0 Å². The summed E-state index contributed by atoms with van der Waals surface area (Å²) in [7, 11) is 0. The van der Waals surface area contributed by atoms with Crippen LogP contribution in [0.1, 0.15) is 51.4 Å². The molecule has 2 atom stereocenters. The molecule has 9 nitrogen and oxygen atoms in total. The minimum atomic E-state index is -0.679. The van der Waals surface area contributed by atoms with E-state index in [0.717, 1.165) is 28.9 Å². The van der Waals surface area contributed by atoms with Crippen molar-refractivity contribution in [3.8, 4) is 11.6 Å². The molecular formula is C26H25ClN6O3. The van der Waals surface area contributed by atoms with E-state index in [9.17, 15) is 9.90 Å². The molecule has 1 unspecified atom stereocenters. The van der Waals surface area contributed by atoms with E-state index in [0.29, 0.717) is 29.2 Å². The molecular weight excluding hydrogens is 480 g/mol. The summed E-state index contributed by atoms with van der Waals surface area (Å²) >= 11 is 6.20. The molecule has 184 valence electrons. The molecule has 5 rings (SSSR count). The third kappa shape index (κ3) is 4.62. The number of hydrogen-bond donors (Lipinski definition) is 3. The first-order valence-electron chi connectivity index (χ1n) is 11.5. The molecule has 10 heteroatoms. The van der Waals surface area contributed by atoms with Gasteiger partial charge in [-0.15, -0.1) is 0 Å². The zero-order chi connectivity index (χ0) is 25.2. The van der Waals surface area contributed by atoms with E-state index in [2.05, 4.69) is 15.3 Å². The highest BCUT2D eigenvalue weighted by Gasteiger charge is 2.26. The van der Waals surface area contributed by atoms with Gasteiger partial charge in [-0.2, -0.15) is 4.98 Å². The van der Waals surface area contributed by atoms with Crippen molar-refractivity contribution in [2.45, 2.75) is 25.3 Å². The summed E-state index contributed by atoms with van der Waals surface area (Å²) in [6, 6.07) is 15.0. The molecule has 1 aliphatic heterocycles. The molecule has 0 saturated heterocycles. The first kappa shape index (κ1) is 23.8. The Hall–Kier alpha value is -3.95. The smallest absolute Gasteiger partial charge is 0.268 e. The molecule has 0 fully saturated rings. The molecule has 4 aromatic rings. The van der Waals surface area contributed by atoms with E-state index in [-0.39, 0.29) is 18.3 Å². The number of carbonyl (C=O) groups excluding carboxylic acids is 1. The summed E-state index contributed by atoms with van der Waals surface area (Å²) in [5.41, 5.74) is 8.17. The second-order valence-electron chi connectivity index (χ2n) is 8.58. The Labute approximate surface area is 212 Å². The number of anilines is 1. The molecule has 0 aliphatic carbocycles. The fourth-order valence-corrected chi connectivity index (χ4v) is 4.58. The average Bonchev–Trinajstić information content (AvgIpc) is 3.31. The number of aliphatic hydroxyl groups excluding tert-OH is 1. The largest absolute Gasteiger partial charge is 0.493 e. The van der Waals surface area contributed by atoms with Gasteiger partial charge in [0.05, 0.1) is 25.2 Å². The van der Waals surface area contributed by atoms with E-state index >= 15 is 0 Å². The van der Waals surface area contributed by atoms with E-state index in [4.69, 9.17) is 27.1 Å². The van der Waals surface area contributed by atoms with Crippen molar-refractivity contribution in [3.63, 3.8) is 0 Å². The summed E-state index contributed by atoms with van der Waals surface area (Å²) in [5, 5.41) is 14.2. The maximum absolute atomic E-state index is 12.0. The molecule has 2 aromatic heterocycles. The predicted molar refractivity (Wildman–Crippen MR) is 136 cm³/mol. The minimum absolute atomic E-state index is 0.0226. The first-order chi connectivity index (χ1) is 17.4. The fourth-order valence-electron chi connectivity index (χ4n) is 4.38. The first-order valence-corrected chi connectivity index (χ1v) is 11.9. The molecule has 0 spiro atoms. The van der Waals surface area contributed by atoms with Crippen LogP contribution in [-0.4, -0.2) is 43.7 Å². The van der Waals surface area contributed by atoms with Crippen molar-refractivity contribution in [2.24, 2.45) is 5.73 Å². The quantitative estimate of drug-likeness (QED) is 0.349. The number of nitrogens with zero attached hydrogens (tertiary/aromatic N) is 4. The van der Waals surface area contributed by atoms with Crippen molar-refractivity contribution in [1.29, 1.82) is 0 Å². The number of carbonyl (C=O) groups is 1. The summed E-state index contributed by atoms with van der Waals surface area (Å²) in [5.74, 6) is 0.942. The van der Waals surface area contributed by atoms with Crippen LogP contribution < -0.4 is 15.8 Å². The number of nitrogens with two attached hydrogens (primary N) is 1. The molecule has 1 amide bonds. The number of primary amides is 1. The molecule has 4 N–H and O–H groups in total. The fraction of sp³-hybridized carbons (Fsp3) is 0.231. The second kappa shape index (κ2) is 9.96. The number of nitrogens with one attached hydrogen (secondary N) is 1. The number of benzene rings is 2. The highest BCUT2D eigenvalue weighted by atomic mass is 35.5. The van der Waals surface area contributed by atoms with Crippen LogP contribution in [0.5, 0.6) is 5.75 Å². The van der Waals surface area contributed by atoms with Crippen LogP contribution >= 0.6 is 11.6 Å². The summed E-state index contributed by atoms with van der Waals surface area (Å²) in [4.78, 5) is 25.8. The molecule has 0 radical (unpaired) electrons. The van der Waals surface area contributed by atoms with Gasteiger partial charge in [0.2, 0.25) is 5.95 Å². The SMILES string of the molecule is Cc1cnc(NC2CCOc3ccccc32)nc1-n1cc(C(N)=O)nc1[C@@H](CO)c1cccc(Cl)c1. The lowest BCUT2D eigenvalue weighted by molar-refractivity contribution is 0.0995. The third-order valence-electron chi connectivity index (χ3n) is 6.17. The van der Waals surface area contributed by atoms with Gasteiger partial charge < -0.3 is 20.9 Å². The van der Waals surface area contributed by atoms with E-state index in [1.54, 1.807) is 29.0 Å². The topological polar surface area (TPSA) is 128 Å². The molecule has 0 saturated carbocycles. The van der Waals surface area contributed by atoms with Gasteiger partial charge in [-0.3, -0.25) is 9.36 Å². The highest BCUT2D eigenvalue weighted by Crippen LogP contribution is 2.34. The van der Waals surface area contributed by atoms with Crippen molar-refractivity contribution >= 4 is 23.5 Å². The van der Waals surface area contributed by atoms with Gasteiger partial charge in [-0.05, 0) is 30.7 Å². The zero-order valence-electron chi connectivity index (χ0n) is 19.6. The van der Waals surface area contributed by atoms with Gasteiger partial charge in [0.1, 0.15) is 23.1 Å². The Kier molecular flexibility index (Phi) is 6.58. The normalized spacial score (nSPS) is 15.6. The van der Waals surface area contributed by atoms with E-state index in [1.165, 1.54) is 6.20 Å². The summed E-state index contributed by atoms with van der Waals surface area (Å²) in [6.45, 7) is 2.19. The van der Waals surface area contributed by atoms with Crippen molar-refractivity contribution < 1.29 is 14.6 Å². The van der Waals surface area contributed by atoms with Crippen molar-refractivity contribution in [3.05, 3.63) is 94.2 Å². The van der Waals surface area contributed by atoms with Crippen LogP contribution in [0, 0.1) is 6.92 Å². The lowest BCUT2D eigenvalue weighted by Crippen LogP contribution is -2.22. The molecule has 3 heterocycles. The van der Waals surface area contributed by atoms with Crippen LogP contribution in [0.15, 0.2) is 60.9 Å². The lowest BCUT2D eigenvalue weighted by atomic mass is 9.99. The minimum Gasteiger partial charge on any atom is -0.493 e. The number of hydrogen-bond acceptors (Lipinski definition) is 7. The maximum atomic E-state index is 12.0. The molecule has 0 bridgehead atoms. The van der Waals surface area contributed by atoms with Crippen LogP contribution in [0.25, 0.3) is 5.82 Å².